The molecule has 0 saturated carbocycles. The van der Waals surface area contributed by atoms with E-state index in [0.29, 0.717) is 10.9 Å². The third kappa shape index (κ3) is 3.17. The van der Waals surface area contributed by atoms with Crippen LogP contribution in [0.15, 0.2) is 64.4 Å². The highest BCUT2D eigenvalue weighted by Gasteiger charge is 2.37. The standard InChI is InChI=1S/C22H21Cl2NO/c1-2-13-11-18(14-3-7-16(23)8-4-14)20-19(12-13)21(25-22(20)26)15-5-9-17(24)10-6-15/h3-5,7-10,13,15H,2,6,11-12H2,1H3,(H,25,26). The Balaban J connectivity index is 1.82. The summed E-state index contributed by atoms with van der Waals surface area (Å²) in [5.74, 6) is 0.772. The first kappa shape index (κ1) is 17.6. The topological polar surface area (TPSA) is 29.1 Å². The second-order valence-corrected chi connectivity index (χ2v) is 8.05. The van der Waals surface area contributed by atoms with E-state index in [1.54, 1.807) is 0 Å². The summed E-state index contributed by atoms with van der Waals surface area (Å²) >= 11 is 12.1. The molecule has 134 valence electrons. The smallest absolute Gasteiger partial charge is 0.256 e. The summed E-state index contributed by atoms with van der Waals surface area (Å²) in [7, 11) is 0. The largest absolute Gasteiger partial charge is 0.325 e. The maximum Gasteiger partial charge on any atom is 0.256 e. The van der Waals surface area contributed by atoms with Crippen molar-refractivity contribution in [2.24, 2.45) is 11.8 Å². The minimum Gasteiger partial charge on any atom is -0.325 e. The van der Waals surface area contributed by atoms with Crippen molar-refractivity contribution in [3.63, 3.8) is 0 Å². The van der Waals surface area contributed by atoms with E-state index >= 15 is 0 Å². The SMILES string of the molecule is CCC1CC2=C(C3C=CC(Cl)=CC3)NC(=O)C2=C(c2ccc(Cl)cc2)C1. The lowest BCUT2D eigenvalue weighted by Crippen LogP contribution is -2.21. The van der Waals surface area contributed by atoms with Crippen LogP contribution in [0.4, 0.5) is 0 Å². The molecule has 0 saturated heterocycles. The van der Waals surface area contributed by atoms with Gasteiger partial charge in [0.25, 0.3) is 5.91 Å². The number of hydrogen-bond donors (Lipinski definition) is 1. The van der Waals surface area contributed by atoms with E-state index in [2.05, 4.69) is 18.3 Å². The highest BCUT2D eigenvalue weighted by Crippen LogP contribution is 2.45. The highest BCUT2D eigenvalue weighted by atomic mass is 35.5. The zero-order chi connectivity index (χ0) is 18.3. The third-order valence-electron chi connectivity index (χ3n) is 5.58. The van der Waals surface area contributed by atoms with Crippen molar-refractivity contribution in [2.45, 2.75) is 32.6 Å². The summed E-state index contributed by atoms with van der Waals surface area (Å²) in [5.41, 5.74) is 5.38. The molecule has 1 aromatic rings. The molecule has 0 fully saturated rings. The lowest BCUT2D eigenvalue weighted by atomic mass is 9.76. The van der Waals surface area contributed by atoms with Crippen molar-refractivity contribution in [1.29, 1.82) is 0 Å². The number of carbonyl (C=O) groups excluding carboxylic acids is 1. The molecular formula is C22H21Cl2NO. The van der Waals surface area contributed by atoms with Crippen LogP contribution >= 0.6 is 23.2 Å². The zero-order valence-corrected chi connectivity index (χ0v) is 16.2. The van der Waals surface area contributed by atoms with Crippen molar-refractivity contribution in [2.75, 3.05) is 0 Å². The number of fused-ring (bicyclic) bond motifs is 1. The van der Waals surface area contributed by atoms with Crippen molar-refractivity contribution in [3.8, 4) is 0 Å². The first-order valence-corrected chi connectivity index (χ1v) is 9.90. The molecule has 0 aromatic heterocycles. The third-order valence-corrected chi connectivity index (χ3v) is 6.12. The Labute approximate surface area is 164 Å². The van der Waals surface area contributed by atoms with Crippen LogP contribution in [0, 0.1) is 11.8 Å². The minimum absolute atomic E-state index is 0.0311. The monoisotopic (exact) mass is 385 g/mol. The molecule has 4 rings (SSSR count). The number of nitrogens with one attached hydrogen (secondary N) is 1. The van der Waals surface area contributed by atoms with Crippen LogP contribution < -0.4 is 5.32 Å². The van der Waals surface area contributed by atoms with Gasteiger partial charge in [0.15, 0.2) is 0 Å². The van der Waals surface area contributed by atoms with E-state index in [0.717, 1.165) is 53.1 Å². The molecule has 1 amide bonds. The van der Waals surface area contributed by atoms with Crippen molar-refractivity contribution in [3.05, 3.63) is 75.0 Å². The normalized spacial score (nSPS) is 25.3. The van der Waals surface area contributed by atoms with Gasteiger partial charge in [0.2, 0.25) is 0 Å². The first-order valence-electron chi connectivity index (χ1n) is 9.14. The lowest BCUT2D eigenvalue weighted by molar-refractivity contribution is -0.116. The van der Waals surface area contributed by atoms with Gasteiger partial charge in [-0.15, -0.1) is 0 Å². The number of carbonyl (C=O) groups is 1. The summed E-state index contributed by atoms with van der Waals surface area (Å²) in [4.78, 5) is 12.9. The fraction of sp³-hybridized carbons (Fsp3) is 0.318. The number of halogens is 2. The second-order valence-electron chi connectivity index (χ2n) is 7.18. The second kappa shape index (κ2) is 7.09. The van der Waals surface area contributed by atoms with Crippen LogP contribution in [0.25, 0.3) is 5.57 Å². The molecule has 2 unspecified atom stereocenters. The molecule has 0 radical (unpaired) electrons. The van der Waals surface area contributed by atoms with Gasteiger partial charge in [0.1, 0.15) is 0 Å². The number of amides is 1. The van der Waals surface area contributed by atoms with Gasteiger partial charge in [-0.1, -0.05) is 60.8 Å². The summed E-state index contributed by atoms with van der Waals surface area (Å²) < 4.78 is 0. The molecule has 1 aromatic carbocycles. The van der Waals surface area contributed by atoms with E-state index in [4.69, 9.17) is 23.2 Å². The van der Waals surface area contributed by atoms with E-state index in [1.807, 2.05) is 36.4 Å². The molecule has 0 spiro atoms. The van der Waals surface area contributed by atoms with Crippen LogP contribution in [0.3, 0.4) is 0 Å². The predicted molar refractivity (Wildman–Crippen MR) is 108 cm³/mol. The maximum absolute atomic E-state index is 12.9. The van der Waals surface area contributed by atoms with E-state index in [1.165, 1.54) is 5.57 Å². The van der Waals surface area contributed by atoms with Crippen molar-refractivity contribution < 1.29 is 4.79 Å². The Kier molecular flexibility index (Phi) is 4.81. The van der Waals surface area contributed by atoms with Crippen LogP contribution in [0.1, 0.15) is 38.2 Å². The van der Waals surface area contributed by atoms with Crippen LogP contribution in [-0.4, -0.2) is 5.91 Å². The van der Waals surface area contributed by atoms with Crippen molar-refractivity contribution >= 4 is 34.7 Å². The van der Waals surface area contributed by atoms with E-state index < -0.39 is 0 Å². The fourth-order valence-electron chi connectivity index (χ4n) is 4.14. The Hall–Kier alpha value is -1.77. The molecule has 3 aliphatic rings. The van der Waals surface area contributed by atoms with Gasteiger partial charge in [-0.3, -0.25) is 4.79 Å². The number of rotatable bonds is 3. The quantitative estimate of drug-likeness (QED) is 0.679. The molecule has 1 aliphatic heterocycles. The summed E-state index contributed by atoms with van der Waals surface area (Å²) in [6.45, 7) is 2.22. The molecule has 4 heteroatoms. The Bertz CT molecular complexity index is 874. The average Bonchev–Trinajstić information content (AvgIpc) is 2.99. The molecule has 26 heavy (non-hydrogen) atoms. The highest BCUT2D eigenvalue weighted by molar-refractivity contribution is 6.31. The van der Waals surface area contributed by atoms with Gasteiger partial charge < -0.3 is 5.32 Å². The zero-order valence-electron chi connectivity index (χ0n) is 14.7. The van der Waals surface area contributed by atoms with Crippen LogP contribution in [0.2, 0.25) is 5.02 Å². The first-order chi connectivity index (χ1) is 12.6. The molecule has 2 atom stereocenters. The average molecular weight is 386 g/mol. The van der Waals surface area contributed by atoms with Crippen LogP contribution in [-0.2, 0) is 4.79 Å². The summed E-state index contributed by atoms with van der Waals surface area (Å²) in [5, 5.41) is 4.65. The van der Waals surface area contributed by atoms with Crippen molar-refractivity contribution in [1.82, 2.24) is 5.32 Å². The summed E-state index contributed by atoms with van der Waals surface area (Å²) in [6, 6.07) is 7.84. The Morgan fingerprint density at radius 1 is 1.12 bits per heavy atom. The molecule has 1 N–H and O–H groups in total. The van der Waals surface area contributed by atoms with Gasteiger partial charge in [-0.25, -0.2) is 0 Å². The van der Waals surface area contributed by atoms with Gasteiger partial charge >= 0.3 is 0 Å². The summed E-state index contributed by atoms with van der Waals surface area (Å²) in [6.07, 6.45) is 9.87. The van der Waals surface area contributed by atoms with Crippen LogP contribution in [0.5, 0.6) is 0 Å². The number of benzene rings is 1. The number of allylic oxidation sites excluding steroid dienone is 5. The molecule has 0 bridgehead atoms. The Morgan fingerprint density at radius 2 is 1.85 bits per heavy atom. The van der Waals surface area contributed by atoms with Gasteiger partial charge in [0, 0.05) is 27.2 Å². The Morgan fingerprint density at radius 3 is 2.50 bits per heavy atom. The molecule has 2 nitrogen and oxygen atoms in total. The van der Waals surface area contributed by atoms with Gasteiger partial charge in [-0.2, -0.15) is 0 Å². The minimum atomic E-state index is 0.0311. The van der Waals surface area contributed by atoms with E-state index in [-0.39, 0.29) is 11.8 Å². The lowest BCUT2D eigenvalue weighted by Gasteiger charge is -2.27. The maximum atomic E-state index is 12.9. The molecule has 1 heterocycles. The molecular weight excluding hydrogens is 365 g/mol. The van der Waals surface area contributed by atoms with Gasteiger partial charge in [-0.05, 0) is 60.1 Å². The fourth-order valence-corrected chi connectivity index (χ4v) is 4.43. The van der Waals surface area contributed by atoms with E-state index in [9.17, 15) is 4.79 Å². The predicted octanol–water partition coefficient (Wildman–Crippen LogP) is 6.00. The van der Waals surface area contributed by atoms with Gasteiger partial charge in [0.05, 0.1) is 0 Å². The molecule has 2 aliphatic carbocycles. The number of hydrogen-bond acceptors (Lipinski definition) is 1.